The molecule has 0 aromatic heterocycles. The van der Waals surface area contributed by atoms with Gasteiger partial charge in [0.05, 0.1) is 0 Å². The first-order valence-corrected chi connectivity index (χ1v) is 6.69. The molecule has 0 saturated heterocycles. The summed E-state index contributed by atoms with van der Waals surface area (Å²) in [4.78, 5) is 0. The standard InChI is InChI=1S/C13H21NS/c1-3-13(8-9-14)15-10-12-7-5-4-6-11(12)2/h4-7,13H,3,8-10,14H2,1-2H3. The van der Waals surface area contributed by atoms with Gasteiger partial charge in [-0.25, -0.2) is 0 Å². The van der Waals surface area contributed by atoms with Gasteiger partial charge in [-0.05, 0) is 37.4 Å². The van der Waals surface area contributed by atoms with Crippen LogP contribution in [0.5, 0.6) is 0 Å². The summed E-state index contributed by atoms with van der Waals surface area (Å²) in [5.41, 5.74) is 8.44. The first-order valence-electron chi connectivity index (χ1n) is 5.64. The largest absolute Gasteiger partial charge is 0.330 e. The normalized spacial score (nSPS) is 12.7. The molecule has 2 heteroatoms. The van der Waals surface area contributed by atoms with Crippen LogP contribution in [0.15, 0.2) is 24.3 Å². The van der Waals surface area contributed by atoms with E-state index >= 15 is 0 Å². The highest BCUT2D eigenvalue weighted by Crippen LogP contribution is 2.23. The predicted octanol–water partition coefficient (Wildman–Crippen LogP) is 3.36. The number of aryl methyl sites for hydroxylation is 1. The van der Waals surface area contributed by atoms with Crippen LogP contribution in [0.3, 0.4) is 0 Å². The van der Waals surface area contributed by atoms with Gasteiger partial charge >= 0.3 is 0 Å². The summed E-state index contributed by atoms with van der Waals surface area (Å²) in [6.45, 7) is 5.23. The molecule has 0 aliphatic carbocycles. The van der Waals surface area contributed by atoms with Crippen LogP contribution < -0.4 is 5.73 Å². The second-order valence-electron chi connectivity index (χ2n) is 3.85. The van der Waals surface area contributed by atoms with E-state index in [2.05, 4.69) is 38.1 Å². The molecule has 84 valence electrons. The lowest BCUT2D eigenvalue weighted by atomic mass is 10.1. The van der Waals surface area contributed by atoms with Crippen molar-refractivity contribution in [1.82, 2.24) is 0 Å². The molecule has 0 fully saturated rings. The van der Waals surface area contributed by atoms with Crippen molar-refractivity contribution in [3.8, 4) is 0 Å². The first kappa shape index (κ1) is 12.6. The van der Waals surface area contributed by atoms with E-state index in [4.69, 9.17) is 5.73 Å². The van der Waals surface area contributed by atoms with E-state index in [1.165, 1.54) is 17.5 Å². The summed E-state index contributed by atoms with van der Waals surface area (Å²) in [5, 5.41) is 0.717. The summed E-state index contributed by atoms with van der Waals surface area (Å²) < 4.78 is 0. The Kier molecular flexibility index (Phi) is 5.81. The SMILES string of the molecule is CCC(CCN)SCc1ccccc1C. The molecule has 1 unspecified atom stereocenters. The van der Waals surface area contributed by atoms with E-state index in [1.807, 2.05) is 11.8 Å². The molecule has 0 saturated carbocycles. The second-order valence-corrected chi connectivity index (χ2v) is 5.13. The molecule has 1 aromatic carbocycles. The third kappa shape index (κ3) is 4.27. The number of hydrogen-bond donors (Lipinski definition) is 1. The lowest BCUT2D eigenvalue weighted by molar-refractivity contribution is 0.745. The fourth-order valence-electron chi connectivity index (χ4n) is 1.57. The zero-order valence-electron chi connectivity index (χ0n) is 9.70. The summed E-state index contributed by atoms with van der Waals surface area (Å²) in [7, 11) is 0. The van der Waals surface area contributed by atoms with Crippen LogP contribution in [0.1, 0.15) is 30.9 Å². The summed E-state index contributed by atoms with van der Waals surface area (Å²) in [6, 6.07) is 8.62. The van der Waals surface area contributed by atoms with Crippen molar-refractivity contribution in [2.75, 3.05) is 6.54 Å². The molecule has 0 spiro atoms. The minimum atomic E-state index is 0.717. The van der Waals surface area contributed by atoms with Crippen molar-refractivity contribution in [3.63, 3.8) is 0 Å². The van der Waals surface area contributed by atoms with Crippen LogP contribution in [0.25, 0.3) is 0 Å². The highest BCUT2D eigenvalue weighted by atomic mass is 32.2. The van der Waals surface area contributed by atoms with Gasteiger partial charge < -0.3 is 5.73 Å². The molecule has 1 atom stereocenters. The third-order valence-electron chi connectivity index (χ3n) is 2.68. The zero-order valence-corrected chi connectivity index (χ0v) is 10.5. The van der Waals surface area contributed by atoms with Gasteiger partial charge in [0, 0.05) is 11.0 Å². The van der Waals surface area contributed by atoms with E-state index in [9.17, 15) is 0 Å². The van der Waals surface area contributed by atoms with Gasteiger partial charge in [0.15, 0.2) is 0 Å². The Morgan fingerprint density at radius 3 is 2.67 bits per heavy atom. The van der Waals surface area contributed by atoms with Crippen LogP contribution >= 0.6 is 11.8 Å². The fourth-order valence-corrected chi connectivity index (χ4v) is 2.85. The van der Waals surface area contributed by atoms with E-state index in [0.717, 1.165) is 24.0 Å². The number of benzene rings is 1. The Morgan fingerprint density at radius 2 is 2.07 bits per heavy atom. The maximum Gasteiger partial charge on any atom is 0.0189 e. The third-order valence-corrected chi connectivity index (χ3v) is 4.20. The molecular weight excluding hydrogens is 202 g/mol. The maximum absolute atomic E-state index is 5.59. The van der Waals surface area contributed by atoms with E-state index in [0.29, 0.717) is 0 Å². The molecular formula is C13H21NS. The Labute approximate surface area is 97.4 Å². The Hall–Kier alpha value is -0.470. The topological polar surface area (TPSA) is 26.0 Å². The number of hydrogen-bond acceptors (Lipinski definition) is 2. The Bertz CT molecular complexity index is 286. The molecule has 0 heterocycles. The molecule has 0 bridgehead atoms. The van der Waals surface area contributed by atoms with Gasteiger partial charge in [0.25, 0.3) is 0 Å². The molecule has 1 aromatic rings. The van der Waals surface area contributed by atoms with Gasteiger partial charge in [-0.2, -0.15) is 11.8 Å². The van der Waals surface area contributed by atoms with Crippen molar-refractivity contribution >= 4 is 11.8 Å². The van der Waals surface area contributed by atoms with Crippen LogP contribution in [0, 0.1) is 6.92 Å². The fraction of sp³-hybridized carbons (Fsp3) is 0.538. The minimum absolute atomic E-state index is 0.717. The Morgan fingerprint density at radius 1 is 1.33 bits per heavy atom. The number of rotatable bonds is 6. The van der Waals surface area contributed by atoms with Gasteiger partial charge in [0.1, 0.15) is 0 Å². The summed E-state index contributed by atoms with van der Waals surface area (Å²) >= 11 is 2.03. The summed E-state index contributed by atoms with van der Waals surface area (Å²) in [5.74, 6) is 1.12. The average molecular weight is 223 g/mol. The molecule has 0 amide bonds. The molecule has 0 aliphatic rings. The molecule has 1 nitrogen and oxygen atoms in total. The molecule has 1 rings (SSSR count). The van der Waals surface area contributed by atoms with Crippen molar-refractivity contribution in [3.05, 3.63) is 35.4 Å². The molecule has 2 N–H and O–H groups in total. The van der Waals surface area contributed by atoms with Gasteiger partial charge in [-0.15, -0.1) is 0 Å². The van der Waals surface area contributed by atoms with Gasteiger partial charge in [-0.3, -0.25) is 0 Å². The highest BCUT2D eigenvalue weighted by Gasteiger charge is 2.06. The molecule has 15 heavy (non-hydrogen) atoms. The van der Waals surface area contributed by atoms with Crippen LogP contribution in [-0.2, 0) is 5.75 Å². The van der Waals surface area contributed by atoms with Crippen molar-refractivity contribution < 1.29 is 0 Å². The van der Waals surface area contributed by atoms with E-state index < -0.39 is 0 Å². The highest BCUT2D eigenvalue weighted by molar-refractivity contribution is 7.99. The maximum atomic E-state index is 5.59. The van der Waals surface area contributed by atoms with Crippen LogP contribution in [-0.4, -0.2) is 11.8 Å². The van der Waals surface area contributed by atoms with Gasteiger partial charge in [-0.1, -0.05) is 31.2 Å². The second kappa shape index (κ2) is 6.91. The van der Waals surface area contributed by atoms with Gasteiger partial charge in [0.2, 0.25) is 0 Å². The zero-order chi connectivity index (χ0) is 11.1. The van der Waals surface area contributed by atoms with Crippen molar-refractivity contribution in [1.29, 1.82) is 0 Å². The number of nitrogens with two attached hydrogens (primary N) is 1. The number of thioether (sulfide) groups is 1. The van der Waals surface area contributed by atoms with Crippen molar-refractivity contribution in [2.24, 2.45) is 5.73 Å². The smallest absolute Gasteiger partial charge is 0.0189 e. The average Bonchev–Trinajstić information content (AvgIpc) is 2.26. The lowest BCUT2D eigenvalue weighted by Crippen LogP contribution is -2.10. The monoisotopic (exact) mass is 223 g/mol. The molecule has 0 radical (unpaired) electrons. The van der Waals surface area contributed by atoms with E-state index in [1.54, 1.807) is 0 Å². The summed E-state index contributed by atoms with van der Waals surface area (Å²) in [6.07, 6.45) is 2.35. The Balaban J connectivity index is 2.45. The van der Waals surface area contributed by atoms with Crippen LogP contribution in [0.2, 0.25) is 0 Å². The van der Waals surface area contributed by atoms with Crippen LogP contribution in [0.4, 0.5) is 0 Å². The predicted molar refractivity (Wildman–Crippen MR) is 70.2 cm³/mol. The minimum Gasteiger partial charge on any atom is -0.330 e. The van der Waals surface area contributed by atoms with Crippen molar-refractivity contribution in [2.45, 2.75) is 37.7 Å². The quantitative estimate of drug-likeness (QED) is 0.800. The molecule has 0 aliphatic heterocycles. The lowest BCUT2D eigenvalue weighted by Gasteiger charge is -2.14. The van der Waals surface area contributed by atoms with E-state index in [-0.39, 0.29) is 0 Å². The first-order chi connectivity index (χ1) is 7.27.